The number of primary amides is 1. The first kappa shape index (κ1) is 64.1. The second kappa shape index (κ2) is 27.0. The molecule has 10 N–H and O–H groups in total. The molecule has 26 heteroatoms. The van der Waals surface area contributed by atoms with Crippen LogP contribution in [-0.4, -0.2) is 133 Å². The van der Waals surface area contributed by atoms with E-state index in [4.69, 9.17) is 15.2 Å². The van der Waals surface area contributed by atoms with Crippen LogP contribution >= 0.6 is 18.9 Å². The third-order valence-corrected chi connectivity index (χ3v) is 17.8. The first-order valence-corrected chi connectivity index (χ1v) is 31.4. The first-order valence-electron chi connectivity index (χ1n) is 28.9. The molecule has 6 aromatic rings. The van der Waals surface area contributed by atoms with Crippen LogP contribution in [0.3, 0.4) is 0 Å². The van der Waals surface area contributed by atoms with Crippen molar-refractivity contribution in [2.45, 2.75) is 135 Å². The Bertz CT molecular complexity index is 3710. The van der Waals surface area contributed by atoms with Gasteiger partial charge < -0.3 is 61.3 Å². The van der Waals surface area contributed by atoms with E-state index in [9.17, 15) is 57.8 Å². The number of para-hydroxylation sites is 1. The number of nitrogens with zero attached hydrogens (tertiary/aromatic N) is 3. The lowest BCUT2D eigenvalue weighted by Gasteiger charge is -2.35. The minimum Gasteiger partial charge on any atom is -0.488 e. The zero-order chi connectivity index (χ0) is 63.4. The standard InChI is InChI=1S/C62H71FN9O14PS/c1-33(35-15-17-38(18-16-35)53-34(2)65-32-88-53)66-56(76)47-29-43(73)30-71(47)59(79)54(62(3,4)5)70-61(81)85-25-7-6-10-36-11-9-14-49(51(36)63)86-31-42(21-24-50(64)74)67-57(77)48-28-39-13-8-12-37-19-23-45(58(78)72(48)52(37)39)69-55(75)46-27-41-26-40(20-22-44(41)68-46)60(80)87(82,83)84/h8-9,11-18,20,22,26-27,32-33,42-43,45,47-48,54,68,73H,6-7,10,19,21,23-25,28-31H2,1-5H3,(H2,64,74)(H,66,76)(H,67,77)(H,69,75)(H,70,81)(H2,82,83,84)/t33-,42-,43+,45-,47?,48?,54+/m0/s1. The number of amides is 7. The highest BCUT2D eigenvalue weighted by Crippen LogP contribution is 2.41. The number of thiazole rings is 1. The second-order valence-electron chi connectivity index (χ2n) is 23.6. The highest BCUT2D eigenvalue weighted by Gasteiger charge is 2.47. The molecule has 0 saturated carbocycles. The summed E-state index contributed by atoms with van der Waals surface area (Å²) >= 11 is 1.54. The molecule has 9 rings (SSSR count). The van der Waals surface area contributed by atoms with Crippen molar-refractivity contribution >= 4 is 82.6 Å². The van der Waals surface area contributed by atoms with Gasteiger partial charge in [0.25, 0.3) is 11.4 Å². The van der Waals surface area contributed by atoms with Crippen LogP contribution in [-0.2, 0) is 52.5 Å². The lowest BCUT2D eigenvalue weighted by Crippen LogP contribution is -2.58. The number of nitrogens with one attached hydrogen (secondary N) is 5. The Morgan fingerprint density at radius 3 is 2.36 bits per heavy atom. The Hall–Kier alpha value is -8.35. The highest BCUT2D eigenvalue weighted by molar-refractivity contribution is 7.70. The molecule has 0 bridgehead atoms. The van der Waals surface area contributed by atoms with Gasteiger partial charge in [-0.1, -0.05) is 75.4 Å². The van der Waals surface area contributed by atoms with Crippen molar-refractivity contribution in [3.05, 3.63) is 135 Å². The molecule has 7 amide bonds. The van der Waals surface area contributed by atoms with Gasteiger partial charge in [-0.15, -0.1) is 11.3 Å². The van der Waals surface area contributed by atoms with Crippen LogP contribution in [0.15, 0.2) is 90.4 Å². The predicted molar refractivity (Wildman–Crippen MR) is 324 cm³/mol. The van der Waals surface area contributed by atoms with Crippen LogP contribution in [0.2, 0.25) is 0 Å². The summed E-state index contributed by atoms with van der Waals surface area (Å²) in [4.78, 5) is 138. The van der Waals surface area contributed by atoms with Crippen molar-refractivity contribution in [2.75, 3.05) is 24.7 Å². The summed E-state index contributed by atoms with van der Waals surface area (Å²) in [6.45, 7) is 8.56. The molecule has 2 aromatic heterocycles. The third kappa shape index (κ3) is 14.8. The number of aromatic nitrogens is 2. The number of aliphatic hydroxyl groups is 1. The number of H-pyrrole nitrogens is 1. The zero-order valence-electron chi connectivity index (χ0n) is 49.2. The molecule has 466 valence electrons. The van der Waals surface area contributed by atoms with Crippen molar-refractivity contribution in [3.8, 4) is 16.2 Å². The second-order valence-corrected chi connectivity index (χ2v) is 25.9. The Balaban J connectivity index is 0.769. The maximum Gasteiger partial charge on any atom is 0.407 e. The Kier molecular flexibility index (Phi) is 19.6. The number of hydrogen-bond acceptors (Lipinski definition) is 14. The molecule has 4 aromatic carbocycles. The van der Waals surface area contributed by atoms with Crippen molar-refractivity contribution in [1.29, 1.82) is 0 Å². The van der Waals surface area contributed by atoms with E-state index in [1.165, 1.54) is 51.5 Å². The van der Waals surface area contributed by atoms with Gasteiger partial charge in [0.05, 0.1) is 46.6 Å². The number of nitrogens with two attached hydrogens (primary N) is 1. The van der Waals surface area contributed by atoms with Crippen LogP contribution in [0, 0.1) is 18.2 Å². The molecule has 7 atom stereocenters. The van der Waals surface area contributed by atoms with Gasteiger partial charge in [-0.05, 0) is 116 Å². The number of alkyl carbamates (subject to hydrolysis) is 1. The number of rotatable bonds is 23. The van der Waals surface area contributed by atoms with Crippen LogP contribution in [0.1, 0.15) is 121 Å². The summed E-state index contributed by atoms with van der Waals surface area (Å²) in [6.07, 6.45) is -0.470. The van der Waals surface area contributed by atoms with Gasteiger partial charge in [0, 0.05) is 42.3 Å². The summed E-state index contributed by atoms with van der Waals surface area (Å²) in [5, 5.41) is 22.4. The number of halogens is 1. The molecule has 0 spiro atoms. The van der Waals surface area contributed by atoms with Crippen LogP contribution in [0.4, 0.5) is 14.9 Å². The normalized spacial score (nSPS) is 18.4. The smallest absolute Gasteiger partial charge is 0.407 e. The van der Waals surface area contributed by atoms with E-state index in [2.05, 4.69) is 31.2 Å². The van der Waals surface area contributed by atoms with E-state index in [0.29, 0.717) is 35.9 Å². The summed E-state index contributed by atoms with van der Waals surface area (Å²) in [7, 11) is -5.08. The molecule has 5 heterocycles. The number of carbonyl (C=O) groups excluding carboxylic acids is 8. The van der Waals surface area contributed by atoms with Crippen molar-refractivity contribution in [3.63, 3.8) is 0 Å². The maximum absolute atomic E-state index is 16.1. The number of fused-ring (bicyclic) bond motifs is 1. The van der Waals surface area contributed by atoms with Crippen molar-refractivity contribution in [1.82, 2.24) is 36.1 Å². The molecule has 1 fully saturated rings. The quantitative estimate of drug-likeness (QED) is 0.0255. The van der Waals surface area contributed by atoms with E-state index in [1.807, 2.05) is 50.2 Å². The van der Waals surface area contributed by atoms with Crippen molar-refractivity contribution in [2.24, 2.45) is 11.1 Å². The number of carbonyl (C=O) groups is 8. The molecule has 1 saturated heterocycles. The zero-order valence-corrected chi connectivity index (χ0v) is 50.9. The molecular weight excluding hydrogens is 1180 g/mol. The molecule has 3 aliphatic rings. The molecule has 0 radical (unpaired) electrons. The fraction of sp³-hybridized carbons (Fsp3) is 0.403. The fourth-order valence-electron chi connectivity index (χ4n) is 11.4. The van der Waals surface area contributed by atoms with Gasteiger partial charge in [0.15, 0.2) is 11.6 Å². The van der Waals surface area contributed by atoms with E-state index in [-0.39, 0.29) is 80.9 Å². The summed E-state index contributed by atoms with van der Waals surface area (Å²) in [6, 6.07) is 17.4. The minimum atomic E-state index is -5.08. The SMILES string of the molecule is Cc1ncsc1-c1ccc([C@H](C)NC(=O)C2C[C@@H](O)CN2C(=O)[C@@H](NC(=O)OCCCCc2cccc(OC[C@H](CCC(N)=O)NC(=O)C3Cc4cccc5c4N3C(=O)[C@@H](NC(=O)c3cc4cc(C(=O)P(=O)(O)O)ccc4[nH]3)CC5)c2F)C(C)(C)C)cc1. The number of anilines is 1. The Morgan fingerprint density at radius 1 is 0.932 bits per heavy atom. The van der Waals surface area contributed by atoms with E-state index >= 15 is 4.39 Å². The number of aliphatic hydroxyl groups excluding tert-OH is 1. The number of unbranched alkanes of at least 4 members (excludes halogenated alkanes) is 1. The lowest BCUT2D eigenvalue weighted by atomic mass is 9.85. The first-order chi connectivity index (χ1) is 41.7. The summed E-state index contributed by atoms with van der Waals surface area (Å²) < 4.78 is 39.2. The molecule has 88 heavy (non-hydrogen) atoms. The van der Waals surface area contributed by atoms with E-state index in [1.54, 1.807) is 44.5 Å². The number of β-amino-alcohol motifs (C(OH)–C–C–N with tert-alkyl or cyclic N) is 1. The molecule has 23 nitrogen and oxygen atoms in total. The third-order valence-electron chi connectivity index (χ3n) is 16.1. The topological polar surface area (TPSA) is 342 Å². The molecule has 3 aliphatic heterocycles. The fourth-order valence-corrected chi connectivity index (χ4v) is 12.7. The number of aryl methyl sites for hydroxylation is 3. The monoisotopic (exact) mass is 1250 g/mol. The van der Waals surface area contributed by atoms with E-state index < -0.39 is 108 Å². The van der Waals surface area contributed by atoms with E-state index in [0.717, 1.165) is 32.8 Å². The number of likely N-dealkylation sites (tertiary alicyclic amines) is 1. The van der Waals surface area contributed by atoms with Crippen LogP contribution in [0.25, 0.3) is 21.3 Å². The van der Waals surface area contributed by atoms with Gasteiger partial charge in [0.2, 0.25) is 29.5 Å². The average Bonchev–Trinajstić information content (AvgIpc) is 1.84. The number of ether oxygens (including phenoxy) is 2. The average molecular weight is 1250 g/mol. The number of benzene rings is 4. The van der Waals surface area contributed by atoms with Gasteiger partial charge in [-0.3, -0.25) is 43.0 Å². The van der Waals surface area contributed by atoms with Crippen LogP contribution in [0.5, 0.6) is 5.75 Å². The maximum atomic E-state index is 16.1. The predicted octanol–water partition coefficient (Wildman–Crippen LogP) is 6.19. The van der Waals surface area contributed by atoms with Crippen molar-refractivity contribution < 1.29 is 71.7 Å². The van der Waals surface area contributed by atoms with Crippen LogP contribution < -0.4 is 36.6 Å². The summed E-state index contributed by atoms with van der Waals surface area (Å²) in [5.41, 5.74) is 10.3. The molecular formula is C62H71FN9O14PS. The highest BCUT2D eigenvalue weighted by atomic mass is 32.1. The van der Waals surface area contributed by atoms with Gasteiger partial charge in [-0.25, -0.2) is 14.2 Å². The minimum absolute atomic E-state index is 0.00159. The van der Waals surface area contributed by atoms with Gasteiger partial charge in [0.1, 0.15) is 36.5 Å². The van der Waals surface area contributed by atoms with Gasteiger partial charge in [-0.2, -0.15) is 0 Å². The summed E-state index contributed by atoms with van der Waals surface area (Å²) in [5.74, 6) is -4.33. The Labute approximate surface area is 510 Å². The molecule has 0 aliphatic carbocycles. The van der Waals surface area contributed by atoms with Gasteiger partial charge >= 0.3 is 13.7 Å². The Morgan fingerprint density at radius 2 is 1.66 bits per heavy atom. The number of hydrogen-bond donors (Lipinski definition) is 9. The molecule has 2 unspecified atom stereocenters. The lowest BCUT2D eigenvalue weighted by molar-refractivity contribution is -0.142. The largest absolute Gasteiger partial charge is 0.488 e. The number of aromatic amines is 1.